The molecule has 1 aromatic rings. The Balaban J connectivity index is 2.24. The van der Waals surface area contributed by atoms with Gasteiger partial charge in [0, 0.05) is 18.7 Å². The van der Waals surface area contributed by atoms with Gasteiger partial charge in [-0.1, -0.05) is 12.1 Å². The molecule has 0 aromatic heterocycles. The van der Waals surface area contributed by atoms with Gasteiger partial charge in [-0.15, -0.1) is 0 Å². The van der Waals surface area contributed by atoms with Crippen LogP contribution in [0, 0.1) is 0 Å². The number of likely N-dealkylation sites (N-methyl/N-ethyl adjacent to an activating group) is 1. The van der Waals surface area contributed by atoms with Gasteiger partial charge in [-0.3, -0.25) is 4.79 Å². The summed E-state index contributed by atoms with van der Waals surface area (Å²) in [5.41, 5.74) is 7.45. The quantitative estimate of drug-likeness (QED) is 0.597. The number of hydrogen-bond acceptors (Lipinski definition) is 4. The van der Waals surface area contributed by atoms with E-state index in [1.165, 1.54) is 0 Å². The van der Waals surface area contributed by atoms with Gasteiger partial charge in [0.2, 0.25) is 0 Å². The Morgan fingerprint density at radius 2 is 2.18 bits per heavy atom. The molecule has 0 radical (unpaired) electrons. The fourth-order valence-electron chi connectivity index (χ4n) is 1.41. The largest absolute Gasteiger partial charge is 0.464 e. The van der Waals surface area contributed by atoms with Gasteiger partial charge in [-0.05, 0) is 38.2 Å². The van der Waals surface area contributed by atoms with Gasteiger partial charge in [0.1, 0.15) is 6.61 Å². The van der Waals surface area contributed by atoms with Crippen LogP contribution in [0.1, 0.15) is 12.0 Å². The van der Waals surface area contributed by atoms with E-state index in [-0.39, 0.29) is 5.97 Å². The number of nitrogens with zero attached hydrogens (tertiary/aromatic N) is 1. The van der Waals surface area contributed by atoms with Gasteiger partial charge < -0.3 is 15.4 Å². The number of aryl methyl sites for hydroxylation is 1. The number of nitrogen functional groups attached to an aromatic ring is 1. The molecule has 17 heavy (non-hydrogen) atoms. The number of rotatable bonds is 6. The Labute approximate surface area is 102 Å². The number of carbonyl (C=O) groups excluding carboxylic acids is 1. The van der Waals surface area contributed by atoms with E-state index in [0.29, 0.717) is 19.4 Å². The molecule has 0 fully saturated rings. The molecule has 0 aliphatic heterocycles. The van der Waals surface area contributed by atoms with Crippen molar-refractivity contribution >= 4 is 11.7 Å². The smallest absolute Gasteiger partial charge is 0.306 e. The Hall–Kier alpha value is -1.55. The van der Waals surface area contributed by atoms with Gasteiger partial charge in [0.05, 0.1) is 0 Å². The number of anilines is 1. The van der Waals surface area contributed by atoms with Crippen LogP contribution in [0.3, 0.4) is 0 Å². The van der Waals surface area contributed by atoms with Crippen LogP contribution in [-0.2, 0) is 16.0 Å². The molecule has 0 saturated carbocycles. The third kappa shape index (κ3) is 5.92. The van der Waals surface area contributed by atoms with Gasteiger partial charge in [0.25, 0.3) is 0 Å². The molecule has 0 amide bonds. The molecule has 2 N–H and O–H groups in total. The van der Waals surface area contributed by atoms with Gasteiger partial charge in [-0.2, -0.15) is 0 Å². The maximum Gasteiger partial charge on any atom is 0.306 e. The van der Waals surface area contributed by atoms with Crippen LogP contribution in [-0.4, -0.2) is 38.1 Å². The average molecular weight is 236 g/mol. The van der Waals surface area contributed by atoms with Crippen LogP contribution in [0.15, 0.2) is 24.3 Å². The molecule has 0 saturated heterocycles. The normalized spacial score (nSPS) is 10.5. The highest BCUT2D eigenvalue weighted by atomic mass is 16.5. The van der Waals surface area contributed by atoms with Crippen LogP contribution in [0.4, 0.5) is 5.69 Å². The predicted octanol–water partition coefficient (Wildman–Crippen LogP) is 1.31. The molecule has 0 unspecified atom stereocenters. The Morgan fingerprint density at radius 1 is 1.41 bits per heavy atom. The van der Waals surface area contributed by atoms with Gasteiger partial charge >= 0.3 is 5.97 Å². The lowest BCUT2D eigenvalue weighted by atomic mass is 10.1. The SMILES string of the molecule is CN(C)CCOC(=O)CCc1cccc(N)c1. The standard InChI is InChI=1S/C13H20N2O2/c1-15(2)8-9-17-13(16)7-6-11-4-3-5-12(14)10-11/h3-5,10H,6-9,14H2,1-2H3. The van der Waals surface area contributed by atoms with Crippen LogP contribution in [0.2, 0.25) is 0 Å². The van der Waals surface area contributed by atoms with E-state index in [1.54, 1.807) is 0 Å². The third-order valence-corrected chi connectivity index (χ3v) is 2.37. The van der Waals surface area contributed by atoms with Crippen molar-refractivity contribution in [1.29, 1.82) is 0 Å². The lowest BCUT2D eigenvalue weighted by Crippen LogP contribution is -2.20. The molecular formula is C13H20N2O2. The summed E-state index contributed by atoms with van der Waals surface area (Å²) in [7, 11) is 3.89. The Bertz CT molecular complexity index is 364. The summed E-state index contributed by atoms with van der Waals surface area (Å²) in [4.78, 5) is 13.4. The van der Waals surface area contributed by atoms with Crippen molar-refractivity contribution in [3.05, 3.63) is 29.8 Å². The van der Waals surface area contributed by atoms with E-state index in [2.05, 4.69) is 0 Å². The first-order chi connectivity index (χ1) is 8.08. The van der Waals surface area contributed by atoms with Crippen LogP contribution in [0.5, 0.6) is 0 Å². The minimum Gasteiger partial charge on any atom is -0.464 e. The lowest BCUT2D eigenvalue weighted by molar-refractivity contribution is -0.143. The summed E-state index contributed by atoms with van der Waals surface area (Å²) in [6.07, 6.45) is 1.07. The minimum absolute atomic E-state index is 0.158. The van der Waals surface area contributed by atoms with Crippen molar-refractivity contribution in [2.45, 2.75) is 12.8 Å². The zero-order valence-corrected chi connectivity index (χ0v) is 10.5. The molecule has 1 aromatic carbocycles. The highest BCUT2D eigenvalue weighted by molar-refractivity contribution is 5.69. The molecule has 0 aliphatic carbocycles. The topological polar surface area (TPSA) is 55.6 Å². The number of esters is 1. The minimum atomic E-state index is -0.158. The zero-order valence-electron chi connectivity index (χ0n) is 10.5. The van der Waals surface area contributed by atoms with E-state index in [0.717, 1.165) is 17.8 Å². The molecule has 0 spiro atoms. The average Bonchev–Trinajstić information content (AvgIpc) is 2.26. The first kappa shape index (κ1) is 13.5. The maximum absolute atomic E-state index is 11.4. The summed E-state index contributed by atoms with van der Waals surface area (Å²) >= 11 is 0. The number of benzene rings is 1. The third-order valence-electron chi connectivity index (χ3n) is 2.37. The first-order valence-electron chi connectivity index (χ1n) is 5.72. The summed E-state index contributed by atoms with van der Waals surface area (Å²) in [6.45, 7) is 1.20. The summed E-state index contributed by atoms with van der Waals surface area (Å²) < 4.78 is 5.09. The van der Waals surface area contributed by atoms with Crippen LogP contribution >= 0.6 is 0 Å². The monoisotopic (exact) mass is 236 g/mol. The summed E-state index contributed by atoms with van der Waals surface area (Å²) in [5.74, 6) is -0.158. The molecule has 4 nitrogen and oxygen atoms in total. The number of hydrogen-bond donors (Lipinski definition) is 1. The summed E-state index contributed by atoms with van der Waals surface area (Å²) in [5, 5.41) is 0. The van der Waals surface area contributed by atoms with Crippen molar-refractivity contribution in [3.8, 4) is 0 Å². The highest BCUT2D eigenvalue weighted by Crippen LogP contribution is 2.09. The van der Waals surface area contributed by atoms with Crippen molar-refractivity contribution in [2.75, 3.05) is 33.0 Å². The molecule has 0 aliphatic rings. The second kappa shape index (κ2) is 6.91. The number of nitrogens with two attached hydrogens (primary N) is 1. The van der Waals surface area contributed by atoms with E-state index in [1.807, 2.05) is 43.3 Å². The van der Waals surface area contributed by atoms with E-state index in [4.69, 9.17) is 10.5 Å². The summed E-state index contributed by atoms with van der Waals surface area (Å²) in [6, 6.07) is 7.57. The van der Waals surface area contributed by atoms with Crippen LogP contribution in [0.25, 0.3) is 0 Å². The maximum atomic E-state index is 11.4. The molecule has 0 heterocycles. The Morgan fingerprint density at radius 3 is 2.82 bits per heavy atom. The predicted molar refractivity (Wildman–Crippen MR) is 68.7 cm³/mol. The second-order valence-electron chi connectivity index (χ2n) is 4.27. The molecule has 0 atom stereocenters. The fraction of sp³-hybridized carbons (Fsp3) is 0.462. The zero-order chi connectivity index (χ0) is 12.7. The second-order valence-corrected chi connectivity index (χ2v) is 4.27. The van der Waals surface area contributed by atoms with E-state index in [9.17, 15) is 4.79 Å². The van der Waals surface area contributed by atoms with Gasteiger partial charge in [0.15, 0.2) is 0 Å². The molecule has 94 valence electrons. The highest BCUT2D eigenvalue weighted by Gasteiger charge is 2.04. The van der Waals surface area contributed by atoms with Crippen molar-refractivity contribution in [3.63, 3.8) is 0 Å². The van der Waals surface area contributed by atoms with E-state index < -0.39 is 0 Å². The fourth-order valence-corrected chi connectivity index (χ4v) is 1.41. The van der Waals surface area contributed by atoms with Gasteiger partial charge in [-0.25, -0.2) is 0 Å². The lowest BCUT2D eigenvalue weighted by Gasteiger charge is -2.09. The first-order valence-corrected chi connectivity index (χ1v) is 5.72. The number of carbonyl (C=O) groups is 1. The molecular weight excluding hydrogens is 216 g/mol. The molecule has 4 heteroatoms. The van der Waals surface area contributed by atoms with Crippen molar-refractivity contribution < 1.29 is 9.53 Å². The Kier molecular flexibility index (Phi) is 5.49. The number of ether oxygens (including phenoxy) is 1. The molecule has 1 rings (SSSR count). The van der Waals surface area contributed by atoms with Crippen LogP contribution < -0.4 is 5.73 Å². The van der Waals surface area contributed by atoms with Crippen molar-refractivity contribution in [2.24, 2.45) is 0 Å². The van der Waals surface area contributed by atoms with E-state index >= 15 is 0 Å². The van der Waals surface area contributed by atoms with Crippen molar-refractivity contribution in [1.82, 2.24) is 4.90 Å². The molecule has 0 bridgehead atoms.